The first-order chi connectivity index (χ1) is 49.3. The molecule has 3 heterocycles. The Morgan fingerprint density at radius 3 is 1.11 bits per heavy atom. The van der Waals surface area contributed by atoms with Gasteiger partial charge in [0.15, 0.2) is 18.9 Å². The summed E-state index contributed by atoms with van der Waals surface area (Å²) < 4.78 is 34.4. The first-order valence-electron chi connectivity index (χ1n) is 39.6. The molecule has 0 aromatic carbocycles. The predicted octanol–water partition coefficient (Wildman–Crippen LogP) is 12.9. The number of carbonyl (C=O) groups is 1. The third-order valence-corrected chi connectivity index (χ3v) is 19.0. The van der Waals surface area contributed by atoms with E-state index in [2.05, 4.69) is 116 Å². The Kier molecular flexibility index (Phi) is 55.9. The van der Waals surface area contributed by atoms with Crippen LogP contribution in [-0.2, 0) is 33.2 Å². The molecule has 3 saturated heterocycles. The lowest BCUT2D eigenvalue weighted by atomic mass is 9.96. The quantitative estimate of drug-likeness (QED) is 0.0199. The third-order valence-electron chi connectivity index (χ3n) is 19.0. The maximum absolute atomic E-state index is 13.4. The van der Waals surface area contributed by atoms with Crippen molar-refractivity contribution in [2.75, 3.05) is 26.4 Å². The summed E-state index contributed by atoms with van der Waals surface area (Å²) >= 11 is 0. The SMILES string of the molecule is CC/C=C\C/C=C\C/C=C\C/C=C\C/C=C\C/C=C\CCCCCCCCCCCCCCCCCCCCCCCCC(=O)NC(COC1OC(CO)C(OC2OC(CO)C(OC3OC(CO)C(O)C(O)C3O)C(O)C2O)C(O)C1O)C(O)/C=C/CC/C=C/CC/C=C/CCCCCCC. The normalized spacial score (nSPS) is 26.9. The molecule has 101 heavy (non-hydrogen) atoms. The molecule has 0 aromatic rings. The van der Waals surface area contributed by atoms with Crippen LogP contribution in [0.25, 0.3) is 0 Å². The highest BCUT2D eigenvalue weighted by Crippen LogP contribution is 2.33. The Morgan fingerprint density at radius 1 is 0.366 bits per heavy atom. The van der Waals surface area contributed by atoms with Crippen molar-refractivity contribution in [1.82, 2.24) is 5.32 Å². The van der Waals surface area contributed by atoms with Gasteiger partial charge in [-0.15, -0.1) is 0 Å². The van der Waals surface area contributed by atoms with E-state index >= 15 is 0 Å². The van der Waals surface area contributed by atoms with Gasteiger partial charge in [-0.1, -0.05) is 277 Å². The summed E-state index contributed by atoms with van der Waals surface area (Å²) in [5.74, 6) is -0.289. The van der Waals surface area contributed by atoms with E-state index in [0.717, 1.165) is 83.5 Å². The van der Waals surface area contributed by atoms with Gasteiger partial charge in [0.1, 0.15) is 73.2 Å². The van der Waals surface area contributed by atoms with Crippen molar-refractivity contribution in [2.24, 2.45) is 0 Å². The number of hydrogen-bond donors (Lipinski definition) is 12. The second kappa shape index (κ2) is 61.6. The van der Waals surface area contributed by atoms with Crippen LogP contribution in [-0.4, -0.2) is 193 Å². The minimum atomic E-state index is -1.99. The van der Waals surface area contributed by atoms with E-state index in [1.165, 1.54) is 154 Å². The summed E-state index contributed by atoms with van der Waals surface area (Å²) in [4.78, 5) is 13.4. The molecule has 0 saturated carbocycles. The minimum absolute atomic E-state index is 0.230. The Labute approximate surface area is 608 Å². The zero-order valence-corrected chi connectivity index (χ0v) is 62.1. The van der Waals surface area contributed by atoms with Crippen molar-refractivity contribution in [3.05, 3.63) is 109 Å². The van der Waals surface area contributed by atoms with Gasteiger partial charge in [-0.25, -0.2) is 0 Å². The number of ether oxygens (including phenoxy) is 6. The summed E-state index contributed by atoms with van der Waals surface area (Å²) in [5, 5.41) is 121. The van der Waals surface area contributed by atoms with Gasteiger partial charge in [-0.05, 0) is 96.3 Å². The highest BCUT2D eigenvalue weighted by atomic mass is 16.8. The highest BCUT2D eigenvalue weighted by molar-refractivity contribution is 5.76. The maximum atomic E-state index is 13.4. The number of aliphatic hydroxyl groups excluding tert-OH is 11. The van der Waals surface area contributed by atoms with Crippen molar-refractivity contribution in [2.45, 2.75) is 375 Å². The highest BCUT2D eigenvalue weighted by Gasteiger charge is 2.53. The van der Waals surface area contributed by atoms with Gasteiger partial charge >= 0.3 is 0 Å². The van der Waals surface area contributed by atoms with Crippen molar-refractivity contribution in [1.29, 1.82) is 0 Å². The number of rotatable bonds is 61. The summed E-state index contributed by atoms with van der Waals surface area (Å²) in [7, 11) is 0. The van der Waals surface area contributed by atoms with Crippen LogP contribution in [0, 0.1) is 0 Å². The molecule has 1 amide bonds. The lowest BCUT2D eigenvalue weighted by Gasteiger charge is -2.48. The monoisotopic (exact) mass is 1430 g/mol. The molecule has 3 aliphatic heterocycles. The van der Waals surface area contributed by atoms with Gasteiger partial charge in [-0.3, -0.25) is 4.79 Å². The van der Waals surface area contributed by atoms with Gasteiger partial charge in [0, 0.05) is 6.42 Å². The fourth-order valence-electron chi connectivity index (χ4n) is 12.7. The van der Waals surface area contributed by atoms with Crippen molar-refractivity contribution < 1.29 is 89.4 Å². The number of nitrogens with one attached hydrogen (secondary N) is 1. The maximum Gasteiger partial charge on any atom is 0.220 e. The molecule has 0 spiro atoms. The van der Waals surface area contributed by atoms with Gasteiger partial charge in [0.25, 0.3) is 0 Å². The van der Waals surface area contributed by atoms with Gasteiger partial charge in [-0.2, -0.15) is 0 Å². The zero-order chi connectivity index (χ0) is 73.2. The lowest BCUT2D eigenvalue weighted by Crippen LogP contribution is -2.66. The van der Waals surface area contributed by atoms with Crippen LogP contribution < -0.4 is 5.32 Å². The van der Waals surface area contributed by atoms with Crippen LogP contribution in [0.4, 0.5) is 0 Å². The molecule has 3 aliphatic rings. The predicted molar refractivity (Wildman–Crippen MR) is 401 cm³/mol. The summed E-state index contributed by atoms with van der Waals surface area (Å²) in [6.45, 7) is 1.58. The fourth-order valence-corrected chi connectivity index (χ4v) is 12.7. The first-order valence-corrected chi connectivity index (χ1v) is 39.6. The van der Waals surface area contributed by atoms with Crippen LogP contribution >= 0.6 is 0 Å². The van der Waals surface area contributed by atoms with E-state index < -0.39 is 124 Å². The van der Waals surface area contributed by atoms with E-state index in [4.69, 9.17) is 28.4 Å². The molecule has 582 valence electrons. The molecular formula is C82H141NO18. The second-order valence-corrected chi connectivity index (χ2v) is 27.8. The Hall–Kier alpha value is -3.55. The number of hydrogen-bond acceptors (Lipinski definition) is 18. The van der Waals surface area contributed by atoms with Gasteiger partial charge in [0.2, 0.25) is 5.91 Å². The van der Waals surface area contributed by atoms with Gasteiger partial charge < -0.3 is 89.9 Å². The molecule has 12 N–H and O–H groups in total. The van der Waals surface area contributed by atoms with E-state index in [1.54, 1.807) is 6.08 Å². The Morgan fingerprint density at radius 2 is 0.693 bits per heavy atom. The first kappa shape index (κ1) is 91.7. The Bertz CT molecular complexity index is 2250. The second-order valence-electron chi connectivity index (χ2n) is 27.8. The molecule has 3 rings (SSSR count). The van der Waals surface area contributed by atoms with Crippen LogP contribution in [0.15, 0.2) is 109 Å². The van der Waals surface area contributed by atoms with E-state index in [9.17, 15) is 61.0 Å². The average Bonchev–Trinajstić information content (AvgIpc) is 0.782. The molecule has 17 atom stereocenters. The van der Waals surface area contributed by atoms with Crippen LogP contribution in [0.5, 0.6) is 0 Å². The van der Waals surface area contributed by atoms with Crippen molar-refractivity contribution >= 4 is 5.91 Å². The molecule has 19 heteroatoms. The summed E-state index contributed by atoms with van der Waals surface area (Å²) in [6.07, 6.45) is 58.2. The molecule has 3 fully saturated rings. The zero-order valence-electron chi connectivity index (χ0n) is 62.1. The number of aliphatic hydroxyl groups is 11. The van der Waals surface area contributed by atoms with Gasteiger partial charge in [0.05, 0.1) is 38.6 Å². The number of amides is 1. The van der Waals surface area contributed by atoms with Crippen LogP contribution in [0.2, 0.25) is 0 Å². The standard InChI is InChI=1S/C82H141NO18/c1-3-5-7-9-11-13-15-17-19-20-21-22-23-24-25-26-27-28-29-30-31-32-33-34-35-36-37-38-39-40-41-42-43-44-46-48-50-52-54-56-58-60-70(88)83-65(66(87)59-57-55-53-51-49-47-45-18-16-14-12-10-8-6-4-2)64-96-80-76(94)73(91)78(68(62-85)98-80)101-82-77(95)74(92)79(69(63-86)99-82)100-81-75(93)72(90)71(89)67(61-84)97-81/h5,7,11,13,16-19,21-22,24-25,27-28,49,51,57,59,65-69,71-82,84-87,89-95H,3-4,6,8-10,12,14-15,20,23,26,29-48,50,52-56,58,60-64H2,1-2H3,(H,83,88)/b7-5-,13-11-,18-16+,19-17-,22-21-,25-24-,28-27-,51-49+,59-57+. The largest absolute Gasteiger partial charge is 0.394 e. The molecule has 0 aliphatic carbocycles. The van der Waals surface area contributed by atoms with E-state index in [-0.39, 0.29) is 18.9 Å². The molecule has 17 unspecified atom stereocenters. The molecule has 0 aromatic heterocycles. The summed E-state index contributed by atoms with van der Waals surface area (Å²) in [5.41, 5.74) is 0. The average molecular weight is 1430 g/mol. The number of carbonyl (C=O) groups excluding carboxylic acids is 1. The van der Waals surface area contributed by atoms with E-state index in [0.29, 0.717) is 12.8 Å². The minimum Gasteiger partial charge on any atom is -0.394 e. The molecular weight excluding hydrogens is 1290 g/mol. The topological polar surface area (TPSA) is 307 Å². The van der Waals surface area contributed by atoms with Crippen molar-refractivity contribution in [3.8, 4) is 0 Å². The van der Waals surface area contributed by atoms with Crippen LogP contribution in [0.3, 0.4) is 0 Å². The lowest BCUT2D eigenvalue weighted by molar-refractivity contribution is -0.379. The Balaban J connectivity index is 1.30. The van der Waals surface area contributed by atoms with E-state index in [1.807, 2.05) is 6.08 Å². The molecule has 19 nitrogen and oxygen atoms in total. The number of unbranched alkanes of at least 4 members (excludes halogenated alkanes) is 29. The van der Waals surface area contributed by atoms with Crippen LogP contribution in [0.1, 0.15) is 271 Å². The van der Waals surface area contributed by atoms with Crippen molar-refractivity contribution in [3.63, 3.8) is 0 Å². The fraction of sp³-hybridized carbons (Fsp3) is 0.768. The smallest absolute Gasteiger partial charge is 0.220 e. The molecule has 0 bridgehead atoms. The summed E-state index contributed by atoms with van der Waals surface area (Å²) in [6, 6.07) is -1.000. The third kappa shape index (κ3) is 41.8. The molecule has 0 radical (unpaired) electrons. The number of allylic oxidation sites excluding steroid dienone is 17.